The van der Waals surface area contributed by atoms with E-state index in [2.05, 4.69) is 35.1 Å². The average molecular weight is 558 g/mol. The van der Waals surface area contributed by atoms with Crippen molar-refractivity contribution in [1.29, 1.82) is 0 Å². The van der Waals surface area contributed by atoms with E-state index >= 15 is 0 Å². The predicted molar refractivity (Wildman–Crippen MR) is 156 cm³/mol. The first-order chi connectivity index (χ1) is 18.6. The molecule has 4 heterocycles. The van der Waals surface area contributed by atoms with Gasteiger partial charge in [-0.2, -0.15) is 0 Å². The van der Waals surface area contributed by atoms with Gasteiger partial charge in [-0.3, -0.25) is 4.79 Å². The zero-order valence-corrected chi connectivity index (χ0v) is 22.2. The smallest absolute Gasteiger partial charge is 0.255 e. The van der Waals surface area contributed by atoms with E-state index in [1.165, 1.54) is 17.7 Å². The summed E-state index contributed by atoms with van der Waals surface area (Å²) in [6.07, 6.45) is 3.09. The van der Waals surface area contributed by atoms with Crippen molar-refractivity contribution in [3.05, 3.63) is 93.9 Å². The molecule has 0 spiro atoms. The molecule has 0 aliphatic heterocycles. The molecule has 6 aromatic rings. The van der Waals surface area contributed by atoms with Crippen molar-refractivity contribution in [2.24, 2.45) is 0 Å². The molecular formula is C27H20ClN7OS2. The molecule has 0 bridgehead atoms. The second-order valence-electron chi connectivity index (χ2n) is 8.39. The lowest BCUT2D eigenvalue weighted by molar-refractivity contribution is 0.102. The fourth-order valence-corrected chi connectivity index (χ4v) is 5.90. The summed E-state index contributed by atoms with van der Waals surface area (Å²) in [6, 6.07) is 18.7. The Hall–Kier alpha value is -4.12. The number of nitrogens with one attached hydrogen (secondary N) is 3. The molecule has 0 unspecified atom stereocenters. The number of benzene rings is 2. The molecule has 188 valence electrons. The Bertz CT molecular complexity index is 1840. The number of rotatable bonds is 7. The van der Waals surface area contributed by atoms with Gasteiger partial charge < -0.3 is 20.2 Å². The first kappa shape index (κ1) is 24.2. The van der Waals surface area contributed by atoms with Crippen LogP contribution >= 0.6 is 35.2 Å². The molecule has 2 aromatic carbocycles. The molecule has 0 fully saturated rings. The van der Waals surface area contributed by atoms with E-state index in [0.29, 0.717) is 45.0 Å². The second-order valence-corrected chi connectivity index (χ2v) is 10.1. The van der Waals surface area contributed by atoms with E-state index < -0.39 is 0 Å². The molecule has 3 N–H and O–H groups in total. The summed E-state index contributed by atoms with van der Waals surface area (Å²) in [5.74, 6) is 0.494. The summed E-state index contributed by atoms with van der Waals surface area (Å²) in [5.41, 5.74) is 4.00. The van der Waals surface area contributed by atoms with E-state index in [-0.39, 0.29) is 5.91 Å². The second kappa shape index (κ2) is 10.3. The molecule has 4 aromatic heterocycles. The van der Waals surface area contributed by atoms with Crippen LogP contribution in [0, 0.1) is 4.64 Å². The van der Waals surface area contributed by atoms with Crippen LogP contribution in [0.4, 0.5) is 11.5 Å². The van der Waals surface area contributed by atoms with Crippen LogP contribution in [-0.4, -0.2) is 37.0 Å². The van der Waals surface area contributed by atoms with Gasteiger partial charge in [0.15, 0.2) is 0 Å². The number of nitrogens with zero attached hydrogens (tertiary/aromatic N) is 4. The zero-order chi connectivity index (χ0) is 26.1. The van der Waals surface area contributed by atoms with Crippen molar-refractivity contribution in [2.45, 2.75) is 6.54 Å². The van der Waals surface area contributed by atoms with Gasteiger partial charge in [-0.15, -0.1) is 11.3 Å². The molecule has 0 aliphatic carbocycles. The third-order valence-corrected chi connectivity index (χ3v) is 7.78. The topological polar surface area (TPSA) is 101 Å². The van der Waals surface area contributed by atoms with Crippen LogP contribution in [-0.2, 0) is 6.54 Å². The summed E-state index contributed by atoms with van der Waals surface area (Å²) in [6.45, 7) is 1.03. The van der Waals surface area contributed by atoms with Gasteiger partial charge in [0.25, 0.3) is 5.91 Å². The molecular weight excluding hydrogens is 538 g/mol. The van der Waals surface area contributed by atoms with Crippen LogP contribution in [0.3, 0.4) is 0 Å². The van der Waals surface area contributed by atoms with Crippen LogP contribution in [0.25, 0.3) is 32.5 Å². The normalized spacial score (nSPS) is 11.2. The first-order valence-electron chi connectivity index (χ1n) is 11.7. The number of hydrogen-bond acceptors (Lipinski definition) is 7. The third kappa shape index (κ3) is 4.43. The molecule has 0 aliphatic rings. The maximum absolute atomic E-state index is 13.2. The number of aromatic amines is 1. The number of halogens is 1. The molecule has 0 saturated carbocycles. The van der Waals surface area contributed by atoms with Gasteiger partial charge in [0.2, 0.25) is 0 Å². The molecule has 0 atom stereocenters. The van der Waals surface area contributed by atoms with Crippen LogP contribution in [0.2, 0.25) is 5.02 Å². The van der Waals surface area contributed by atoms with E-state index in [4.69, 9.17) is 23.8 Å². The summed E-state index contributed by atoms with van der Waals surface area (Å²) in [4.78, 5) is 30.4. The molecule has 0 radical (unpaired) electrons. The number of fused-ring (bicyclic) bond motifs is 2. The summed E-state index contributed by atoms with van der Waals surface area (Å²) in [7, 11) is 0. The molecule has 6 rings (SSSR count). The van der Waals surface area contributed by atoms with Gasteiger partial charge in [0, 0.05) is 24.0 Å². The monoisotopic (exact) mass is 557 g/mol. The van der Waals surface area contributed by atoms with Crippen LogP contribution in [0.15, 0.2) is 78.7 Å². The maximum atomic E-state index is 13.2. The Morgan fingerprint density at radius 3 is 2.68 bits per heavy atom. The van der Waals surface area contributed by atoms with Gasteiger partial charge in [-0.05, 0) is 35.7 Å². The lowest BCUT2D eigenvalue weighted by Gasteiger charge is -2.14. The number of anilines is 2. The van der Waals surface area contributed by atoms with Crippen molar-refractivity contribution in [3.8, 4) is 10.6 Å². The number of carbonyl (C=O) groups excluding carboxylic acids is 1. The quantitative estimate of drug-likeness (QED) is 0.187. The number of carbonyl (C=O) groups is 1. The number of aromatic nitrogens is 5. The number of thiophene rings is 1. The number of para-hydroxylation sites is 1. The van der Waals surface area contributed by atoms with Crippen molar-refractivity contribution < 1.29 is 4.79 Å². The van der Waals surface area contributed by atoms with Crippen LogP contribution < -0.4 is 10.6 Å². The van der Waals surface area contributed by atoms with Crippen LogP contribution in [0.5, 0.6) is 0 Å². The Morgan fingerprint density at radius 2 is 1.87 bits per heavy atom. The minimum absolute atomic E-state index is 0.246. The van der Waals surface area contributed by atoms with Gasteiger partial charge >= 0.3 is 0 Å². The van der Waals surface area contributed by atoms with E-state index in [0.717, 1.165) is 27.3 Å². The SMILES string of the molecule is O=C(Nc1c(-c2sccc2Cl)n(CCNc2ncnc3ccccc23)c2c(=S)[nH]cnc12)c1ccccc1. The Morgan fingerprint density at radius 1 is 1.05 bits per heavy atom. The van der Waals surface area contributed by atoms with E-state index in [9.17, 15) is 4.79 Å². The van der Waals surface area contributed by atoms with E-state index in [1.54, 1.807) is 18.5 Å². The highest BCUT2D eigenvalue weighted by atomic mass is 35.5. The highest BCUT2D eigenvalue weighted by molar-refractivity contribution is 7.71. The summed E-state index contributed by atoms with van der Waals surface area (Å²) in [5, 5.41) is 9.95. The van der Waals surface area contributed by atoms with Crippen molar-refractivity contribution in [1.82, 2.24) is 24.5 Å². The minimum atomic E-state index is -0.246. The fourth-order valence-electron chi connectivity index (χ4n) is 4.43. The van der Waals surface area contributed by atoms with Gasteiger partial charge in [0.1, 0.15) is 27.8 Å². The lowest BCUT2D eigenvalue weighted by Crippen LogP contribution is -2.14. The van der Waals surface area contributed by atoms with Gasteiger partial charge in [-0.1, -0.05) is 54.2 Å². The van der Waals surface area contributed by atoms with Crippen molar-refractivity contribution >= 4 is 74.5 Å². The average Bonchev–Trinajstić information content (AvgIpc) is 3.50. The van der Waals surface area contributed by atoms with Crippen molar-refractivity contribution in [2.75, 3.05) is 17.2 Å². The fraction of sp³-hybridized carbons (Fsp3) is 0.0741. The Labute approximate surface area is 231 Å². The Kier molecular flexibility index (Phi) is 6.59. The molecule has 11 heteroatoms. The molecule has 38 heavy (non-hydrogen) atoms. The largest absolute Gasteiger partial charge is 0.368 e. The maximum Gasteiger partial charge on any atom is 0.255 e. The lowest BCUT2D eigenvalue weighted by atomic mass is 10.2. The predicted octanol–water partition coefficient (Wildman–Crippen LogP) is 6.78. The summed E-state index contributed by atoms with van der Waals surface area (Å²) < 4.78 is 2.56. The van der Waals surface area contributed by atoms with Crippen molar-refractivity contribution in [3.63, 3.8) is 0 Å². The van der Waals surface area contributed by atoms with E-state index in [1.807, 2.05) is 53.9 Å². The highest BCUT2D eigenvalue weighted by Crippen LogP contribution is 2.43. The van der Waals surface area contributed by atoms with Gasteiger partial charge in [-0.25, -0.2) is 15.0 Å². The zero-order valence-electron chi connectivity index (χ0n) is 19.8. The number of hydrogen-bond donors (Lipinski definition) is 3. The summed E-state index contributed by atoms with van der Waals surface area (Å²) >= 11 is 13.8. The minimum Gasteiger partial charge on any atom is -0.368 e. The first-order valence-corrected chi connectivity index (χ1v) is 13.4. The molecule has 0 saturated heterocycles. The standard InChI is InChI=1S/C27H20ClN7OS2/c28-18-10-13-38-24(18)22-21(34-26(36)16-6-2-1-3-7-16)20-23(27(37)33-15-31-20)35(22)12-11-29-25-17-8-4-5-9-19(17)30-14-32-25/h1-10,13-15H,11-12H2,(H,34,36)(H,29,30,32)(H,31,33,37). The highest BCUT2D eigenvalue weighted by Gasteiger charge is 2.25. The van der Waals surface area contributed by atoms with Crippen LogP contribution in [0.1, 0.15) is 10.4 Å². The molecule has 1 amide bonds. The molecule has 8 nitrogen and oxygen atoms in total. The number of amides is 1. The third-order valence-electron chi connectivity index (χ3n) is 6.12. The number of H-pyrrole nitrogens is 1. The Balaban J connectivity index is 1.44. The van der Waals surface area contributed by atoms with Gasteiger partial charge in [0.05, 0.1) is 33.1 Å².